The Morgan fingerprint density at radius 3 is 2.64 bits per heavy atom. The number of hydrogen-bond donors (Lipinski definition) is 2. The topological polar surface area (TPSA) is 79.8 Å². The van der Waals surface area contributed by atoms with Crippen LogP contribution in [0, 0.1) is 0 Å². The highest BCUT2D eigenvalue weighted by Gasteiger charge is 2.10. The zero-order chi connectivity index (χ0) is 19.8. The van der Waals surface area contributed by atoms with Gasteiger partial charge in [-0.3, -0.25) is 9.59 Å². The van der Waals surface area contributed by atoms with Crippen molar-refractivity contribution in [3.05, 3.63) is 77.9 Å². The standard InChI is InChI=1S/C22H21N3O3/c1-2-23-21(26)22(27)25-24-14-16-7-5-11-19(13-16)28-15-18-10-6-9-17-8-3-4-12-20(17)18/h3-14H,2,15H2,1H3,(H,23,26)(H,25,27)/b24-14-. The van der Waals surface area contributed by atoms with E-state index in [1.165, 1.54) is 11.6 Å². The minimum Gasteiger partial charge on any atom is -0.489 e. The highest BCUT2D eigenvalue weighted by molar-refractivity contribution is 6.35. The smallest absolute Gasteiger partial charge is 0.329 e. The molecule has 0 bridgehead atoms. The second-order valence-corrected chi connectivity index (χ2v) is 6.06. The Kier molecular flexibility index (Phi) is 6.36. The number of carbonyl (C=O) groups excluding carboxylic acids is 2. The molecule has 142 valence electrons. The van der Waals surface area contributed by atoms with Gasteiger partial charge < -0.3 is 10.1 Å². The highest BCUT2D eigenvalue weighted by Crippen LogP contribution is 2.21. The summed E-state index contributed by atoms with van der Waals surface area (Å²) in [6, 6.07) is 21.6. The maximum Gasteiger partial charge on any atom is 0.329 e. The van der Waals surface area contributed by atoms with Gasteiger partial charge in [-0.05, 0) is 41.0 Å². The number of hydrazone groups is 1. The van der Waals surface area contributed by atoms with Crippen LogP contribution in [-0.4, -0.2) is 24.6 Å². The van der Waals surface area contributed by atoms with Gasteiger partial charge in [0.2, 0.25) is 0 Å². The van der Waals surface area contributed by atoms with Gasteiger partial charge in [0.25, 0.3) is 0 Å². The van der Waals surface area contributed by atoms with E-state index in [9.17, 15) is 9.59 Å². The summed E-state index contributed by atoms with van der Waals surface area (Å²) in [4.78, 5) is 22.8. The van der Waals surface area contributed by atoms with Crippen molar-refractivity contribution in [3.63, 3.8) is 0 Å². The molecule has 0 fully saturated rings. The Bertz CT molecular complexity index is 1010. The molecule has 0 aromatic heterocycles. The number of nitrogens with zero attached hydrogens (tertiary/aromatic N) is 1. The van der Waals surface area contributed by atoms with Crippen molar-refractivity contribution in [1.29, 1.82) is 0 Å². The summed E-state index contributed by atoms with van der Waals surface area (Å²) >= 11 is 0. The van der Waals surface area contributed by atoms with Gasteiger partial charge in [0.1, 0.15) is 12.4 Å². The normalized spacial score (nSPS) is 10.8. The summed E-state index contributed by atoms with van der Waals surface area (Å²) in [5, 5.41) is 8.54. The van der Waals surface area contributed by atoms with Crippen molar-refractivity contribution < 1.29 is 14.3 Å². The summed E-state index contributed by atoms with van der Waals surface area (Å²) in [5.74, 6) is -0.833. The van der Waals surface area contributed by atoms with Gasteiger partial charge in [-0.2, -0.15) is 5.10 Å². The molecule has 6 heteroatoms. The minimum absolute atomic E-state index is 0.381. The van der Waals surface area contributed by atoms with Crippen LogP contribution in [0.15, 0.2) is 71.8 Å². The second kappa shape index (κ2) is 9.32. The Morgan fingerprint density at radius 2 is 1.79 bits per heavy atom. The average molecular weight is 375 g/mol. The molecule has 0 saturated heterocycles. The summed E-state index contributed by atoms with van der Waals surface area (Å²) in [5.41, 5.74) is 4.04. The Labute approximate surface area is 163 Å². The lowest BCUT2D eigenvalue weighted by Gasteiger charge is -2.09. The zero-order valence-electron chi connectivity index (χ0n) is 15.5. The number of hydrogen-bond acceptors (Lipinski definition) is 4. The third kappa shape index (κ3) is 4.94. The third-order valence-electron chi connectivity index (χ3n) is 4.06. The number of amides is 2. The van der Waals surface area contributed by atoms with Gasteiger partial charge in [0, 0.05) is 6.54 Å². The van der Waals surface area contributed by atoms with Crippen molar-refractivity contribution in [3.8, 4) is 5.75 Å². The fourth-order valence-corrected chi connectivity index (χ4v) is 2.72. The maximum atomic E-state index is 11.5. The first kappa shape index (κ1) is 19.1. The number of carbonyl (C=O) groups is 2. The van der Waals surface area contributed by atoms with Crippen LogP contribution in [0.4, 0.5) is 0 Å². The number of ether oxygens (including phenoxy) is 1. The van der Waals surface area contributed by atoms with Crippen molar-refractivity contribution in [2.24, 2.45) is 5.10 Å². The van der Waals surface area contributed by atoms with E-state index in [1.807, 2.05) is 48.5 Å². The lowest BCUT2D eigenvalue weighted by Crippen LogP contribution is -2.37. The van der Waals surface area contributed by atoms with Gasteiger partial charge in [-0.1, -0.05) is 54.6 Å². The average Bonchev–Trinajstić information content (AvgIpc) is 2.72. The summed E-state index contributed by atoms with van der Waals surface area (Å²) in [7, 11) is 0. The molecule has 0 saturated carbocycles. The van der Waals surface area contributed by atoms with Crippen LogP contribution < -0.4 is 15.5 Å². The summed E-state index contributed by atoms with van der Waals surface area (Å²) in [6.07, 6.45) is 1.46. The number of rotatable bonds is 6. The Morgan fingerprint density at radius 1 is 1.00 bits per heavy atom. The molecular weight excluding hydrogens is 354 g/mol. The van der Waals surface area contributed by atoms with Crippen LogP contribution in [-0.2, 0) is 16.2 Å². The van der Waals surface area contributed by atoms with Crippen molar-refractivity contribution in [1.82, 2.24) is 10.7 Å². The zero-order valence-corrected chi connectivity index (χ0v) is 15.5. The predicted octanol–water partition coefficient (Wildman–Crippen LogP) is 3.01. The van der Waals surface area contributed by atoms with E-state index in [2.05, 4.69) is 34.0 Å². The fourth-order valence-electron chi connectivity index (χ4n) is 2.72. The van der Waals surface area contributed by atoms with Gasteiger partial charge in [-0.25, -0.2) is 5.43 Å². The van der Waals surface area contributed by atoms with E-state index in [0.717, 1.165) is 16.5 Å². The molecule has 3 rings (SSSR count). The number of likely N-dealkylation sites (N-methyl/N-ethyl adjacent to an activating group) is 1. The van der Waals surface area contributed by atoms with Gasteiger partial charge >= 0.3 is 11.8 Å². The molecule has 0 aliphatic rings. The molecule has 0 atom stereocenters. The van der Waals surface area contributed by atoms with E-state index in [0.29, 0.717) is 18.9 Å². The van der Waals surface area contributed by atoms with Crippen LogP contribution in [0.25, 0.3) is 10.8 Å². The molecule has 28 heavy (non-hydrogen) atoms. The van der Waals surface area contributed by atoms with Crippen LogP contribution in [0.5, 0.6) is 5.75 Å². The number of nitrogens with one attached hydrogen (secondary N) is 2. The van der Waals surface area contributed by atoms with Crippen LogP contribution in [0.1, 0.15) is 18.1 Å². The molecule has 0 aliphatic carbocycles. The minimum atomic E-state index is -0.804. The second-order valence-electron chi connectivity index (χ2n) is 6.06. The van der Waals surface area contributed by atoms with Gasteiger partial charge in [0.05, 0.1) is 6.21 Å². The van der Waals surface area contributed by atoms with E-state index < -0.39 is 11.8 Å². The van der Waals surface area contributed by atoms with Crippen molar-refractivity contribution >= 4 is 28.8 Å². The largest absolute Gasteiger partial charge is 0.489 e. The first-order valence-corrected chi connectivity index (χ1v) is 8.98. The van der Waals surface area contributed by atoms with E-state index in [1.54, 1.807) is 6.92 Å². The Hall–Kier alpha value is -3.67. The van der Waals surface area contributed by atoms with Crippen LogP contribution in [0.3, 0.4) is 0 Å². The maximum absolute atomic E-state index is 11.5. The monoisotopic (exact) mass is 375 g/mol. The molecule has 2 N–H and O–H groups in total. The fraction of sp³-hybridized carbons (Fsp3) is 0.136. The molecule has 2 amide bonds. The van der Waals surface area contributed by atoms with Crippen molar-refractivity contribution in [2.75, 3.05) is 6.54 Å². The third-order valence-corrected chi connectivity index (χ3v) is 4.06. The lowest BCUT2D eigenvalue weighted by molar-refractivity contribution is -0.139. The number of fused-ring (bicyclic) bond motifs is 1. The summed E-state index contributed by atoms with van der Waals surface area (Å²) in [6.45, 7) is 2.56. The predicted molar refractivity (Wildman–Crippen MR) is 109 cm³/mol. The molecular formula is C22H21N3O3. The first-order valence-electron chi connectivity index (χ1n) is 8.98. The molecule has 0 spiro atoms. The quantitative estimate of drug-likeness (QED) is 0.395. The van der Waals surface area contributed by atoms with Gasteiger partial charge in [0.15, 0.2) is 0 Å². The van der Waals surface area contributed by atoms with E-state index >= 15 is 0 Å². The number of benzene rings is 3. The molecule has 0 heterocycles. The molecule has 3 aromatic rings. The molecule has 3 aromatic carbocycles. The van der Waals surface area contributed by atoms with E-state index in [-0.39, 0.29) is 0 Å². The SMILES string of the molecule is CCNC(=O)C(=O)N/N=C\c1cccc(OCc2cccc3ccccc23)c1. The lowest BCUT2D eigenvalue weighted by atomic mass is 10.1. The van der Waals surface area contributed by atoms with E-state index in [4.69, 9.17) is 4.74 Å². The highest BCUT2D eigenvalue weighted by atomic mass is 16.5. The Balaban J connectivity index is 1.62. The first-order chi connectivity index (χ1) is 13.7. The van der Waals surface area contributed by atoms with Crippen LogP contribution in [0.2, 0.25) is 0 Å². The van der Waals surface area contributed by atoms with Crippen molar-refractivity contribution in [2.45, 2.75) is 13.5 Å². The van der Waals surface area contributed by atoms with Gasteiger partial charge in [-0.15, -0.1) is 0 Å². The molecule has 0 unspecified atom stereocenters. The summed E-state index contributed by atoms with van der Waals surface area (Å²) < 4.78 is 5.93. The van der Waals surface area contributed by atoms with Crippen LogP contribution >= 0.6 is 0 Å². The molecule has 0 aliphatic heterocycles. The molecule has 0 radical (unpaired) electrons. The molecule has 6 nitrogen and oxygen atoms in total.